The van der Waals surface area contributed by atoms with Gasteiger partial charge in [0.25, 0.3) is 0 Å². The molecule has 0 heterocycles. The van der Waals surface area contributed by atoms with Crippen molar-refractivity contribution in [3.8, 4) is 0 Å². The molecule has 1 aromatic rings. The van der Waals surface area contributed by atoms with Gasteiger partial charge in [0.1, 0.15) is 10.7 Å². The van der Waals surface area contributed by atoms with E-state index in [4.69, 9.17) is 11.6 Å². The van der Waals surface area contributed by atoms with E-state index in [-0.39, 0.29) is 0 Å². The molecule has 0 amide bonds. The summed E-state index contributed by atoms with van der Waals surface area (Å²) in [6, 6.07) is 1.72. The van der Waals surface area contributed by atoms with Crippen molar-refractivity contribution in [1.82, 2.24) is 4.72 Å². The summed E-state index contributed by atoms with van der Waals surface area (Å²) in [5.41, 5.74) is -0.451. The van der Waals surface area contributed by atoms with E-state index in [1.54, 1.807) is 0 Å². The van der Waals surface area contributed by atoms with Crippen LogP contribution in [0.1, 0.15) is 5.56 Å². The largest absolute Gasteiger partial charge is 0.243 e. The second-order valence-corrected chi connectivity index (χ2v) is 4.80. The van der Waals surface area contributed by atoms with Crippen molar-refractivity contribution in [1.29, 1.82) is 0 Å². The fourth-order valence-electron chi connectivity index (χ4n) is 1.02. The molecule has 1 rings (SSSR count). The molecule has 0 aromatic heterocycles. The number of benzene rings is 1. The number of sulfonamides is 1. The average molecular weight is 256 g/mol. The zero-order valence-corrected chi connectivity index (χ0v) is 9.29. The molecule has 0 saturated heterocycles. The highest BCUT2D eigenvalue weighted by Crippen LogP contribution is 2.21. The molecule has 1 aromatic carbocycles. The van der Waals surface area contributed by atoms with Gasteiger partial charge in [0.05, 0.1) is 5.88 Å². The fourth-order valence-corrected chi connectivity index (χ4v) is 2.09. The van der Waals surface area contributed by atoms with Crippen LogP contribution >= 0.6 is 11.6 Å². The Morgan fingerprint density at radius 3 is 2.47 bits per heavy atom. The topological polar surface area (TPSA) is 46.2 Å². The Balaban J connectivity index is 3.48. The van der Waals surface area contributed by atoms with E-state index < -0.39 is 38.0 Å². The van der Waals surface area contributed by atoms with Crippen LogP contribution in [-0.4, -0.2) is 15.5 Å². The number of nitrogens with one attached hydrogen (secondary N) is 1. The Kier molecular flexibility index (Phi) is 3.64. The first-order chi connectivity index (χ1) is 6.94. The highest BCUT2D eigenvalue weighted by Gasteiger charge is 2.21. The lowest BCUT2D eigenvalue weighted by molar-refractivity contribution is 0.533. The van der Waals surface area contributed by atoms with Gasteiger partial charge in [-0.05, 0) is 19.2 Å². The molecule has 0 saturated carbocycles. The first-order valence-corrected chi connectivity index (χ1v) is 5.92. The monoisotopic (exact) mass is 255 g/mol. The molecule has 0 aliphatic carbocycles. The Morgan fingerprint density at radius 2 is 2.00 bits per heavy atom. The molecule has 0 radical (unpaired) electrons. The van der Waals surface area contributed by atoms with Gasteiger partial charge in [-0.3, -0.25) is 0 Å². The molecule has 0 atom stereocenters. The summed E-state index contributed by atoms with van der Waals surface area (Å²) < 4.78 is 51.0. The van der Waals surface area contributed by atoms with Crippen molar-refractivity contribution < 1.29 is 17.2 Å². The average Bonchev–Trinajstić information content (AvgIpc) is 2.18. The third-order valence-corrected chi connectivity index (χ3v) is 3.54. The Hall–Kier alpha value is -0.720. The zero-order chi connectivity index (χ0) is 11.6. The molecule has 15 heavy (non-hydrogen) atoms. The minimum atomic E-state index is -3.93. The number of rotatable bonds is 3. The Morgan fingerprint density at radius 1 is 1.40 bits per heavy atom. The molecule has 7 heteroatoms. The second kappa shape index (κ2) is 4.42. The summed E-state index contributed by atoms with van der Waals surface area (Å²) in [7, 11) is -2.79. The number of hydrogen-bond donors (Lipinski definition) is 1. The minimum absolute atomic E-state index is 0.426. The molecule has 3 nitrogen and oxygen atoms in total. The third-order valence-electron chi connectivity index (χ3n) is 1.84. The van der Waals surface area contributed by atoms with Crippen LogP contribution in [0.2, 0.25) is 0 Å². The maximum atomic E-state index is 13.5. The van der Waals surface area contributed by atoms with E-state index in [2.05, 4.69) is 0 Å². The number of halogens is 3. The van der Waals surface area contributed by atoms with Crippen molar-refractivity contribution >= 4 is 21.6 Å². The first kappa shape index (κ1) is 12.4. The quantitative estimate of drug-likeness (QED) is 0.834. The standard InChI is InChI=1S/C8H8ClF2NO2S/c1-12-15(13,14)7-3-2-6(10)5(4-9)8(7)11/h2-3,12H,4H2,1H3. The van der Waals surface area contributed by atoms with E-state index in [0.717, 1.165) is 19.2 Å². The SMILES string of the molecule is CNS(=O)(=O)c1ccc(F)c(CCl)c1F. The molecular weight excluding hydrogens is 248 g/mol. The van der Waals surface area contributed by atoms with Gasteiger partial charge < -0.3 is 0 Å². The molecule has 0 spiro atoms. The normalized spacial score (nSPS) is 11.7. The van der Waals surface area contributed by atoms with Gasteiger partial charge in [0, 0.05) is 5.56 Å². The number of hydrogen-bond acceptors (Lipinski definition) is 2. The van der Waals surface area contributed by atoms with Crippen molar-refractivity contribution in [2.75, 3.05) is 7.05 Å². The lowest BCUT2D eigenvalue weighted by atomic mass is 10.2. The lowest BCUT2D eigenvalue weighted by Gasteiger charge is -2.07. The highest BCUT2D eigenvalue weighted by molar-refractivity contribution is 7.89. The van der Waals surface area contributed by atoms with E-state index in [9.17, 15) is 17.2 Å². The molecule has 0 aliphatic heterocycles. The van der Waals surface area contributed by atoms with Gasteiger partial charge in [0.2, 0.25) is 10.0 Å². The van der Waals surface area contributed by atoms with Crippen LogP contribution in [0, 0.1) is 11.6 Å². The van der Waals surface area contributed by atoms with Crippen molar-refractivity contribution in [2.24, 2.45) is 0 Å². The van der Waals surface area contributed by atoms with Gasteiger partial charge in [-0.15, -0.1) is 11.6 Å². The van der Waals surface area contributed by atoms with Crippen LogP contribution in [-0.2, 0) is 15.9 Å². The summed E-state index contributed by atoms with van der Waals surface area (Å²) in [6.07, 6.45) is 0. The highest BCUT2D eigenvalue weighted by atomic mass is 35.5. The van der Waals surface area contributed by atoms with Crippen LogP contribution in [0.25, 0.3) is 0 Å². The summed E-state index contributed by atoms with van der Waals surface area (Å²) in [5, 5.41) is 0. The lowest BCUT2D eigenvalue weighted by Crippen LogP contribution is -2.20. The molecule has 0 fully saturated rings. The number of alkyl halides is 1. The maximum absolute atomic E-state index is 13.5. The van der Waals surface area contributed by atoms with E-state index >= 15 is 0 Å². The van der Waals surface area contributed by atoms with Crippen LogP contribution in [0.5, 0.6) is 0 Å². The molecule has 0 aliphatic rings. The predicted octanol–water partition coefficient (Wildman–Crippen LogP) is 1.61. The van der Waals surface area contributed by atoms with Crippen molar-refractivity contribution in [3.63, 3.8) is 0 Å². The molecule has 1 N–H and O–H groups in total. The van der Waals surface area contributed by atoms with E-state index in [1.165, 1.54) is 0 Å². The fraction of sp³-hybridized carbons (Fsp3) is 0.250. The predicted molar refractivity (Wildman–Crippen MR) is 52.2 cm³/mol. The Bertz CT molecular complexity index is 476. The van der Waals surface area contributed by atoms with Crippen molar-refractivity contribution in [3.05, 3.63) is 29.3 Å². The second-order valence-electron chi connectivity index (χ2n) is 2.68. The van der Waals surface area contributed by atoms with E-state index in [1.807, 2.05) is 4.72 Å². The first-order valence-electron chi connectivity index (χ1n) is 3.90. The summed E-state index contributed by atoms with van der Waals surface area (Å²) in [4.78, 5) is -0.609. The minimum Gasteiger partial charge on any atom is -0.214 e. The van der Waals surface area contributed by atoms with Gasteiger partial charge >= 0.3 is 0 Å². The molecule has 0 bridgehead atoms. The van der Waals surface area contributed by atoms with Gasteiger partial charge in [-0.1, -0.05) is 0 Å². The third kappa shape index (κ3) is 2.27. The molecular formula is C8H8ClF2NO2S. The van der Waals surface area contributed by atoms with Gasteiger partial charge in [0.15, 0.2) is 5.82 Å². The summed E-state index contributed by atoms with van der Waals surface area (Å²) in [5.74, 6) is -2.44. The van der Waals surface area contributed by atoms with Gasteiger partial charge in [-0.25, -0.2) is 21.9 Å². The summed E-state index contributed by atoms with van der Waals surface area (Å²) in [6.45, 7) is 0. The smallest absolute Gasteiger partial charge is 0.214 e. The molecule has 0 unspecified atom stereocenters. The summed E-state index contributed by atoms with van der Waals surface area (Å²) >= 11 is 5.31. The Labute approximate surface area is 91.1 Å². The van der Waals surface area contributed by atoms with E-state index in [0.29, 0.717) is 0 Å². The van der Waals surface area contributed by atoms with Crippen LogP contribution in [0.3, 0.4) is 0 Å². The maximum Gasteiger partial charge on any atom is 0.243 e. The molecule has 84 valence electrons. The van der Waals surface area contributed by atoms with Crippen LogP contribution in [0.15, 0.2) is 17.0 Å². The van der Waals surface area contributed by atoms with Crippen LogP contribution < -0.4 is 4.72 Å². The zero-order valence-electron chi connectivity index (χ0n) is 7.72. The van der Waals surface area contributed by atoms with Gasteiger partial charge in [-0.2, -0.15) is 0 Å². The van der Waals surface area contributed by atoms with Crippen molar-refractivity contribution in [2.45, 2.75) is 10.8 Å². The van der Waals surface area contributed by atoms with Crippen LogP contribution in [0.4, 0.5) is 8.78 Å².